The summed E-state index contributed by atoms with van der Waals surface area (Å²) in [5, 5.41) is 0. The van der Waals surface area contributed by atoms with Crippen molar-refractivity contribution in [2.24, 2.45) is 5.73 Å². The Morgan fingerprint density at radius 3 is 2.62 bits per heavy atom. The van der Waals surface area contributed by atoms with Crippen LogP contribution in [0.25, 0.3) is 0 Å². The van der Waals surface area contributed by atoms with Gasteiger partial charge in [0.2, 0.25) is 0 Å². The molecule has 1 heterocycles. The molecule has 1 aliphatic heterocycles. The number of ether oxygens (including phenoxy) is 1. The van der Waals surface area contributed by atoms with Crippen molar-refractivity contribution < 1.29 is 9.13 Å². The average Bonchev–Trinajstić information content (AvgIpc) is 2.16. The smallest absolute Gasteiger partial charge is 0.126 e. The molecular formula is C13H18FNO. The molecule has 0 bridgehead atoms. The van der Waals surface area contributed by atoms with E-state index < -0.39 is 0 Å². The lowest BCUT2D eigenvalue weighted by Crippen LogP contribution is -2.49. The van der Waals surface area contributed by atoms with Crippen molar-refractivity contribution >= 4 is 0 Å². The summed E-state index contributed by atoms with van der Waals surface area (Å²) in [7, 11) is 0. The molecule has 2 N–H and O–H groups in total. The molecule has 1 unspecified atom stereocenters. The molecular weight excluding hydrogens is 205 g/mol. The van der Waals surface area contributed by atoms with Crippen LogP contribution in [0.1, 0.15) is 24.5 Å². The molecule has 0 aliphatic carbocycles. The number of nitrogens with two attached hydrogens (primary N) is 1. The Balaban J connectivity index is 2.29. The second-order valence-corrected chi connectivity index (χ2v) is 4.92. The minimum Gasteiger partial charge on any atom is -0.379 e. The van der Waals surface area contributed by atoms with Gasteiger partial charge in [-0.1, -0.05) is 12.1 Å². The van der Waals surface area contributed by atoms with Crippen molar-refractivity contribution in [2.75, 3.05) is 13.2 Å². The van der Waals surface area contributed by atoms with Crippen LogP contribution in [0.2, 0.25) is 0 Å². The van der Waals surface area contributed by atoms with Gasteiger partial charge in [0.25, 0.3) is 0 Å². The minimum atomic E-state index is -0.153. The van der Waals surface area contributed by atoms with Gasteiger partial charge >= 0.3 is 0 Å². The lowest BCUT2D eigenvalue weighted by Gasteiger charge is -2.43. The lowest BCUT2D eigenvalue weighted by atomic mass is 9.74. The van der Waals surface area contributed by atoms with E-state index in [1.807, 2.05) is 19.1 Å². The van der Waals surface area contributed by atoms with Crippen LogP contribution in [0.5, 0.6) is 0 Å². The van der Waals surface area contributed by atoms with Crippen molar-refractivity contribution in [3.8, 4) is 0 Å². The fraction of sp³-hybridized carbons (Fsp3) is 0.538. The highest BCUT2D eigenvalue weighted by atomic mass is 19.1. The van der Waals surface area contributed by atoms with Gasteiger partial charge in [-0.2, -0.15) is 0 Å². The Hall–Kier alpha value is -0.930. The van der Waals surface area contributed by atoms with E-state index in [-0.39, 0.29) is 17.3 Å². The largest absolute Gasteiger partial charge is 0.379 e. The third kappa shape index (κ3) is 1.97. The standard InChI is InChI=1S/C13H18FNO/c1-9-5-11(3-4-12(9)14)13(6-10(2)15)7-16-8-13/h3-5,10H,6-8,15H2,1-2H3. The quantitative estimate of drug-likeness (QED) is 0.852. The monoisotopic (exact) mass is 223 g/mol. The van der Waals surface area contributed by atoms with E-state index in [4.69, 9.17) is 10.5 Å². The van der Waals surface area contributed by atoms with E-state index in [1.54, 1.807) is 6.92 Å². The summed E-state index contributed by atoms with van der Waals surface area (Å²) < 4.78 is 18.5. The zero-order valence-corrected chi connectivity index (χ0v) is 9.79. The van der Waals surface area contributed by atoms with E-state index >= 15 is 0 Å². The second kappa shape index (κ2) is 4.15. The summed E-state index contributed by atoms with van der Waals surface area (Å²) >= 11 is 0. The Morgan fingerprint density at radius 1 is 1.50 bits per heavy atom. The average molecular weight is 223 g/mol. The Morgan fingerprint density at radius 2 is 2.19 bits per heavy atom. The van der Waals surface area contributed by atoms with Crippen LogP contribution < -0.4 is 5.73 Å². The van der Waals surface area contributed by atoms with Gasteiger partial charge in [0.1, 0.15) is 5.82 Å². The minimum absolute atomic E-state index is 0.00657. The molecule has 1 fully saturated rings. The zero-order valence-electron chi connectivity index (χ0n) is 9.79. The number of rotatable bonds is 3. The first-order valence-electron chi connectivity index (χ1n) is 5.63. The maximum Gasteiger partial charge on any atom is 0.126 e. The first kappa shape index (κ1) is 11.6. The molecule has 1 aliphatic rings. The topological polar surface area (TPSA) is 35.2 Å². The van der Waals surface area contributed by atoms with Gasteiger partial charge in [-0.15, -0.1) is 0 Å². The third-order valence-electron chi connectivity index (χ3n) is 3.24. The SMILES string of the molecule is Cc1cc(C2(CC(C)N)COC2)ccc1F. The Kier molecular flexibility index (Phi) is 3.00. The van der Waals surface area contributed by atoms with Gasteiger partial charge in [0.05, 0.1) is 13.2 Å². The highest BCUT2D eigenvalue weighted by molar-refractivity contribution is 5.32. The summed E-state index contributed by atoms with van der Waals surface area (Å²) in [5.74, 6) is -0.153. The molecule has 2 nitrogen and oxygen atoms in total. The lowest BCUT2D eigenvalue weighted by molar-refractivity contribution is -0.0665. The molecule has 0 saturated carbocycles. The van der Waals surface area contributed by atoms with Gasteiger partial charge in [-0.05, 0) is 37.5 Å². The van der Waals surface area contributed by atoms with E-state index in [2.05, 4.69) is 0 Å². The summed E-state index contributed by atoms with van der Waals surface area (Å²) in [4.78, 5) is 0. The van der Waals surface area contributed by atoms with Crippen LogP contribution in [-0.2, 0) is 10.2 Å². The van der Waals surface area contributed by atoms with E-state index in [0.29, 0.717) is 18.8 Å². The zero-order chi connectivity index (χ0) is 11.8. The fourth-order valence-corrected chi connectivity index (χ4v) is 2.34. The molecule has 88 valence electrons. The number of halogens is 1. The molecule has 1 aromatic carbocycles. The second-order valence-electron chi connectivity index (χ2n) is 4.92. The molecule has 2 rings (SSSR count). The predicted octanol–water partition coefficient (Wildman–Crippen LogP) is 2.14. The maximum atomic E-state index is 13.2. The molecule has 0 spiro atoms. The normalized spacial score (nSPS) is 20.2. The van der Waals surface area contributed by atoms with Gasteiger partial charge in [-0.25, -0.2) is 4.39 Å². The highest BCUT2D eigenvalue weighted by Gasteiger charge is 2.40. The van der Waals surface area contributed by atoms with Gasteiger partial charge in [0, 0.05) is 11.5 Å². The predicted molar refractivity (Wildman–Crippen MR) is 61.9 cm³/mol. The molecule has 0 aromatic heterocycles. The Labute approximate surface area is 95.6 Å². The van der Waals surface area contributed by atoms with Crippen LogP contribution in [0.15, 0.2) is 18.2 Å². The number of hydrogen-bond acceptors (Lipinski definition) is 2. The highest BCUT2D eigenvalue weighted by Crippen LogP contribution is 2.37. The molecule has 1 saturated heterocycles. The number of hydrogen-bond donors (Lipinski definition) is 1. The van der Waals surface area contributed by atoms with E-state index in [9.17, 15) is 4.39 Å². The number of benzene rings is 1. The van der Waals surface area contributed by atoms with E-state index in [0.717, 1.165) is 12.0 Å². The first-order valence-corrected chi connectivity index (χ1v) is 5.63. The summed E-state index contributed by atoms with van der Waals surface area (Å²) in [6.07, 6.45) is 0.887. The van der Waals surface area contributed by atoms with Gasteiger partial charge in [0.15, 0.2) is 0 Å². The van der Waals surface area contributed by atoms with Crippen LogP contribution >= 0.6 is 0 Å². The molecule has 3 heteroatoms. The maximum absolute atomic E-state index is 13.2. The summed E-state index contributed by atoms with van der Waals surface area (Å²) in [6, 6.07) is 5.44. The third-order valence-corrected chi connectivity index (χ3v) is 3.24. The molecule has 1 aromatic rings. The molecule has 1 atom stereocenters. The van der Waals surface area contributed by atoms with Gasteiger partial charge < -0.3 is 10.5 Å². The van der Waals surface area contributed by atoms with Crippen molar-refractivity contribution in [1.82, 2.24) is 0 Å². The van der Waals surface area contributed by atoms with Crippen LogP contribution in [0.3, 0.4) is 0 Å². The summed E-state index contributed by atoms with van der Waals surface area (Å²) in [6.45, 7) is 5.17. The molecule has 0 amide bonds. The molecule has 16 heavy (non-hydrogen) atoms. The number of aryl methyl sites for hydroxylation is 1. The Bertz CT molecular complexity index is 386. The van der Waals surface area contributed by atoms with Crippen molar-refractivity contribution in [3.05, 3.63) is 35.1 Å². The summed E-state index contributed by atoms with van der Waals surface area (Å²) in [5.41, 5.74) is 7.71. The fourth-order valence-electron chi connectivity index (χ4n) is 2.34. The first-order chi connectivity index (χ1) is 7.53. The molecule has 0 radical (unpaired) electrons. The van der Waals surface area contributed by atoms with Crippen LogP contribution in [0, 0.1) is 12.7 Å². The van der Waals surface area contributed by atoms with Crippen molar-refractivity contribution in [3.63, 3.8) is 0 Å². The van der Waals surface area contributed by atoms with Gasteiger partial charge in [-0.3, -0.25) is 0 Å². The van der Waals surface area contributed by atoms with Crippen LogP contribution in [-0.4, -0.2) is 19.3 Å². The van der Waals surface area contributed by atoms with Crippen LogP contribution in [0.4, 0.5) is 4.39 Å². The van der Waals surface area contributed by atoms with Crippen molar-refractivity contribution in [1.29, 1.82) is 0 Å². The van der Waals surface area contributed by atoms with Crippen molar-refractivity contribution in [2.45, 2.75) is 31.7 Å². The van der Waals surface area contributed by atoms with E-state index in [1.165, 1.54) is 6.07 Å².